The third-order valence-corrected chi connectivity index (χ3v) is 4.21. The van der Waals surface area contributed by atoms with Crippen molar-refractivity contribution < 1.29 is 9.90 Å². The van der Waals surface area contributed by atoms with E-state index in [4.69, 9.17) is 16.7 Å². The Morgan fingerprint density at radius 2 is 2.12 bits per heavy atom. The number of aliphatic carboxylic acids is 1. The first-order valence-corrected chi connectivity index (χ1v) is 6.56. The van der Waals surface area contributed by atoms with Crippen LogP contribution in [-0.2, 0) is 4.79 Å². The molecule has 4 heteroatoms. The molecule has 2 nitrogen and oxygen atoms in total. The Labute approximate surface area is 104 Å². The number of rotatable bonds is 3. The Morgan fingerprint density at radius 1 is 1.44 bits per heavy atom. The van der Waals surface area contributed by atoms with Gasteiger partial charge in [-0.05, 0) is 36.5 Å². The summed E-state index contributed by atoms with van der Waals surface area (Å²) in [7, 11) is 0. The summed E-state index contributed by atoms with van der Waals surface area (Å²) in [5.74, 6) is -0.475. The smallest absolute Gasteiger partial charge is 0.328 e. The van der Waals surface area contributed by atoms with Crippen LogP contribution in [0.4, 0.5) is 0 Å². The van der Waals surface area contributed by atoms with Crippen molar-refractivity contribution >= 4 is 34.5 Å². The Morgan fingerprint density at radius 3 is 2.62 bits per heavy atom. The van der Waals surface area contributed by atoms with Crippen molar-refractivity contribution in [2.24, 2.45) is 5.92 Å². The maximum Gasteiger partial charge on any atom is 0.328 e. The summed E-state index contributed by atoms with van der Waals surface area (Å²) in [4.78, 5) is 11.8. The highest BCUT2D eigenvalue weighted by Gasteiger charge is 2.22. The molecule has 0 amide bonds. The molecule has 86 valence electrons. The molecular weight excluding hydrogens is 244 g/mol. The van der Waals surface area contributed by atoms with Crippen LogP contribution in [0.5, 0.6) is 0 Å². The van der Waals surface area contributed by atoms with E-state index in [-0.39, 0.29) is 0 Å². The van der Waals surface area contributed by atoms with E-state index in [9.17, 15) is 4.79 Å². The molecule has 16 heavy (non-hydrogen) atoms. The lowest BCUT2D eigenvalue weighted by Crippen LogP contribution is -2.00. The van der Waals surface area contributed by atoms with Crippen molar-refractivity contribution in [2.75, 3.05) is 0 Å². The fraction of sp³-hybridized carbons (Fsp3) is 0.417. The second kappa shape index (κ2) is 5.02. The van der Waals surface area contributed by atoms with Crippen molar-refractivity contribution in [3.8, 4) is 0 Å². The number of carboxylic acids is 1. The number of carboxylic acid groups (broad SMARTS) is 1. The topological polar surface area (TPSA) is 37.3 Å². The van der Waals surface area contributed by atoms with Crippen LogP contribution in [-0.4, -0.2) is 11.1 Å². The quantitative estimate of drug-likeness (QED) is 0.828. The summed E-state index contributed by atoms with van der Waals surface area (Å²) in [6, 6.07) is 3.74. The molecule has 1 heterocycles. The second-order valence-electron chi connectivity index (χ2n) is 4.02. The van der Waals surface area contributed by atoms with E-state index >= 15 is 0 Å². The van der Waals surface area contributed by atoms with Crippen molar-refractivity contribution in [1.82, 2.24) is 0 Å². The molecule has 1 aliphatic rings. The van der Waals surface area contributed by atoms with Gasteiger partial charge in [0.25, 0.3) is 0 Å². The van der Waals surface area contributed by atoms with Gasteiger partial charge in [-0.2, -0.15) is 0 Å². The zero-order valence-corrected chi connectivity index (χ0v) is 10.4. The molecule has 0 bridgehead atoms. The van der Waals surface area contributed by atoms with E-state index in [0.29, 0.717) is 10.3 Å². The van der Waals surface area contributed by atoms with Crippen molar-refractivity contribution in [3.63, 3.8) is 0 Å². The average Bonchev–Trinajstić information content (AvgIpc) is 2.84. The molecule has 1 aromatic rings. The van der Waals surface area contributed by atoms with Gasteiger partial charge in [-0.25, -0.2) is 4.79 Å². The third-order valence-electron chi connectivity index (χ3n) is 2.93. The third kappa shape index (κ3) is 2.66. The lowest BCUT2D eigenvalue weighted by atomic mass is 9.96. The van der Waals surface area contributed by atoms with Gasteiger partial charge in [-0.3, -0.25) is 0 Å². The van der Waals surface area contributed by atoms with E-state index in [2.05, 4.69) is 0 Å². The predicted octanol–water partition coefficient (Wildman–Crippen LogP) is 4.06. The molecule has 0 aliphatic heterocycles. The highest BCUT2D eigenvalue weighted by Crippen LogP contribution is 2.39. The molecule has 0 atom stereocenters. The molecule has 0 unspecified atom stereocenters. The first kappa shape index (κ1) is 11.7. The second-order valence-corrected chi connectivity index (χ2v) is 5.74. The van der Waals surface area contributed by atoms with Gasteiger partial charge in [-0.1, -0.05) is 24.4 Å². The number of hydrogen-bond donors (Lipinski definition) is 1. The van der Waals surface area contributed by atoms with E-state index in [1.165, 1.54) is 30.3 Å². The van der Waals surface area contributed by atoms with Crippen LogP contribution in [0.2, 0.25) is 4.34 Å². The van der Waals surface area contributed by atoms with Gasteiger partial charge >= 0.3 is 5.97 Å². The molecule has 0 aromatic carbocycles. The Kier molecular flexibility index (Phi) is 3.66. The van der Waals surface area contributed by atoms with Gasteiger partial charge in [0.05, 0.1) is 4.34 Å². The van der Waals surface area contributed by atoms with Gasteiger partial charge in [-0.15, -0.1) is 11.3 Å². The largest absolute Gasteiger partial charge is 0.478 e. The van der Waals surface area contributed by atoms with Crippen LogP contribution < -0.4 is 0 Å². The average molecular weight is 257 g/mol. The molecule has 0 spiro atoms. The van der Waals surface area contributed by atoms with Gasteiger partial charge in [0.15, 0.2) is 0 Å². The van der Waals surface area contributed by atoms with Gasteiger partial charge in [0.1, 0.15) is 0 Å². The Balaban J connectivity index is 2.30. The Bertz CT molecular complexity index is 416. The highest BCUT2D eigenvalue weighted by atomic mass is 35.5. The number of allylic oxidation sites excluding steroid dienone is 1. The van der Waals surface area contributed by atoms with Crippen LogP contribution in [0, 0.1) is 5.92 Å². The minimum Gasteiger partial charge on any atom is -0.478 e. The van der Waals surface area contributed by atoms with E-state index in [0.717, 1.165) is 23.3 Å². The molecule has 0 radical (unpaired) electrons. The van der Waals surface area contributed by atoms with Gasteiger partial charge in [0.2, 0.25) is 0 Å². The lowest BCUT2D eigenvalue weighted by Gasteiger charge is -2.11. The summed E-state index contributed by atoms with van der Waals surface area (Å²) >= 11 is 7.35. The number of halogens is 1. The molecule has 1 aliphatic carbocycles. The first-order chi connectivity index (χ1) is 7.66. The normalized spacial score (nSPS) is 17.9. The summed E-state index contributed by atoms with van der Waals surface area (Å²) < 4.78 is 0.712. The minimum absolute atomic E-state index is 0.394. The van der Waals surface area contributed by atoms with Crippen LogP contribution in [0.1, 0.15) is 30.6 Å². The van der Waals surface area contributed by atoms with E-state index < -0.39 is 5.97 Å². The van der Waals surface area contributed by atoms with Crippen molar-refractivity contribution in [2.45, 2.75) is 25.7 Å². The fourth-order valence-electron chi connectivity index (χ4n) is 2.23. The van der Waals surface area contributed by atoms with E-state index in [1.807, 2.05) is 12.1 Å². The SMILES string of the molecule is O=C(O)/C=C(/c1ccc(Cl)s1)C1CCCC1. The number of thiophene rings is 1. The summed E-state index contributed by atoms with van der Waals surface area (Å²) in [5.41, 5.74) is 0.946. The molecule has 0 saturated heterocycles. The minimum atomic E-state index is -0.869. The van der Waals surface area contributed by atoms with Gasteiger partial charge < -0.3 is 5.11 Å². The fourth-order valence-corrected chi connectivity index (χ4v) is 3.37. The number of hydrogen-bond acceptors (Lipinski definition) is 2. The predicted molar refractivity (Wildman–Crippen MR) is 66.9 cm³/mol. The monoisotopic (exact) mass is 256 g/mol. The van der Waals surface area contributed by atoms with Gasteiger partial charge in [0, 0.05) is 11.0 Å². The summed E-state index contributed by atoms with van der Waals surface area (Å²) in [5, 5.41) is 8.91. The van der Waals surface area contributed by atoms with Crippen molar-refractivity contribution in [1.29, 1.82) is 0 Å². The van der Waals surface area contributed by atoms with Crippen LogP contribution >= 0.6 is 22.9 Å². The summed E-state index contributed by atoms with van der Waals surface area (Å²) in [6.45, 7) is 0. The maximum atomic E-state index is 10.8. The zero-order chi connectivity index (χ0) is 11.5. The lowest BCUT2D eigenvalue weighted by molar-refractivity contribution is -0.131. The van der Waals surface area contributed by atoms with Crippen LogP contribution in [0.15, 0.2) is 18.2 Å². The molecule has 1 N–H and O–H groups in total. The Hall–Kier alpha value is -0.800. The molecule has 2 rings (SSSR count). The molecule has 1 saturated carbocycles. The first-order valence-electron chi connectivity index (χ1n) is 5.37. The molecule has 1 aromatic heterocycles. The molecule has 1 fully saturated rings. The van der Waals surface area contributed by atoms with Crippen LogP contribution in [0.25, 0.3) is 5.57 Å². The summed E-state index contributed by atoms with van der Waals surface area (Å²) in [6.07, 6.45) is 5.92. The number of carbonyl (C=O) groups is 1. The standard InChI is InChI=1S/C12H13ClO2S/c13-11-6-5-10(16-11)9(7-12(14)15)8-3-1-2-4-8/h5-8H,1-4H2,(H,14,15)/b9-7+. The zero-order valence-electron chi connectivity index (χ0n) is 8.78. The maximum absolute atomic E-state index is 10.8. The van der Waals surface area contributed by atoms with Crippen molar-refractivity contribution in [3.05, 3.63) is 27.4 Å². The highest BCUT2D eigenvalue weighted by molar-refractivity contribution is 7.17. The van der Waals surface area contributed by atoms with E-state index in [1.54, 1.807) is 0 Å². The van der Waals surface area contributed by atoms with Crippen LogP contribution in [0.3, 0.4) is 0 Å². The molecular formula is C12H13ClO2S.